The van der Waals surface area contributed by atoms with Gasteiger partial charge < -0.3 is 27.0 Å². The van der Waals surface area contributed by atoms with Crippen LogP contribution in [0, 0.1) is 38.4 Å². The quantitative estimate of drug-likeness (QED) is 0.288. The molecule has 0 aromatic rings. The molecule has 0 unspecified atom stereocenters. The maximum atomic E-state index is 12.1. The molecule has 0 bridgehead atoms. The fourth-order valence-electron chi connectivity index (χ4n) is 1.77. The Hall–Kier alpha value is -3.27. The van der Waals surface area contributed by atoms with Gasteiger partial charge in [0.05, 0.1) is 5.57 Å². The van der Waals surface area contributed by atoms with Crippen molar-refractivity contribution in [3.05, 3.63) is 33.4 Å². The summed E-state index contributed by atoms with van der Waals surface area (Å²) in [5.41, 5.74) is 0.00122. The molecule has 0 radical (unpaired) electrons. The summed E-state index contributed by atoms with van der Waals surface area (Å²) < 4.78 is 0. The SMILES string of the molecule is N#CC(C=N)=C1C(=C(C=N)C=N)C(=O)C1=C(C=N)C=N. The predicted molar refractivity (Wildman–Crippen MR) is 75.6 cm³/mol. The van der Waals surface area contributed by atoms with E-state index in [2.05, 4.69) is 0 Å². The predicted octanol–water partition coefficient (Wildman–Crippen LogP) is 1.23. The zero-order valence-corrected chi connectivity index (χ0v) is 10.2. The smallest absolute Gasteiger partial charge is 0.195 e. The number of rotatable bonds is 5. The van der Waals surface area contributed by atoms with Crippen molar-refractivity contribution in [2.24, 2.45) is 0 Å². The van der Waals surface area contributed by atoms with Crippen LogP contribution in [-0.4, -0.2) is 36.9 Å². The lowest BCUT2D eigenvalue weighted by Gasteiger charge is -2.27. The van der Waals surface area contributed by atoms with Gasteiger partial charge in [-0.2, -0.15) is 5.26 Å². The number of allylic oxidation sites excluding steroid dienone is 6. The largest absolute Gasteiger partial charge is 0.308 e. The van der Waals surface area contributed by atoms with Gasteiger partial charge in [-0.3, -0.25) is 4.79 Å². The van der Waals surface area contributed by atoms with Crippen LogP contribution in [0.2, 0.25) is 0 Å². The summed E-state index contributed by atoms with van der Waals surface area (Å²) >= 11 is 0. The minimum atomic E-state index is -0.543. The standard InChI is InChI=1S/C13H10N6O/c14-1-7(2-15)10-11(8(3-16)4-17)13(20)12(10)9(5-18)6-19/h1,3-6,14,16-19H. The van der Waals surface area contributed by atoms with Crippen molar-refractivity contribution in [3.63, 3.8) is 0 Å². The van der Waals surface area contributed by atoms with E-state index in [1.165, 1.54) is 0 Å². The fraction of sp³-hybridized carbons (Fsp3) is 0. The highest BCUT2D eigenvalue weighted by atomic mass is 16.1. The Morgan fingerprint density at radius 3 is 1.45 bits per heavy atom. The maximum Gasteiger partial charge on any atom is 0.195 e. The van der Waals surface area contributed by atoms with Gasteiger partial charge in [-0.25, -0.2) is 0 Å². The topological polar surface area (TPSA) is 160 Å². The lowest BCUT2D eigenvalue weighted by molar-refractivity contribution is -0.113. The molecule has 0 aromatic carbocycles. The number of carbonyl (C=O) groups excluding carboxylic acids is 1. The van der Waals surface area contributed by atoms with E-state index < -0.39 is 5.78 Å². The molecule has 0 aliphatic heterocycles. The van der Waals surface area contributed by atoms with Gasteiger partial charge in [0.25, 0.3) is 0 Å². The monoisotopic (exact) mass is 266 g/mol. The molecule has 20 heavy (non-hydrogen) atoms. The van der Waals surface area contributed by atoms with E-state index in [0.29, 0.717) is 0 Å². The van der Waals surface area contributed by atoms with Crippen molar-refractivity contribution in [1.82, 2.24) is 0 Å². The molecule has 1 saturated carbocycles. The van der Waals surface area contributed by atoms with Gasteiger partial charge in [-0.15, -0.1) is 0 Å². The first kappa shape index (κ1) is 14.8. The lowest BCUT2D eigenvalue weighted by atomic mass is 9.72. The van der Waals surface area contributed by atoms with Gasteiger partial charge in [0.15, 0.2) is 5.78 Å². The Morgan fingerprint density at radius 2 is 1.20 bits per heavy atom. The van der Waals surface area contributed by atoms with Gasteiger partial charge in [0, 0.05) is 58.9 Å². The number of hydrogen-bond donors (Lipinski definition) is 5. The first-order valence-electron chi connectivity index (χ1n) is 5.31. The molecule has 7 nitrogen and oxygen atoms in total. The van der Waals surface area contributed by atoms with Gasteiger partial charge >= 0.3 is 0 Å². The van der Waals surface area contributed by atoms with Crippen LogP contribution in [-0.2, 0) is 4.79 Å². The first-order valence-corrected chi connectivity index (χ1v) is 5.31. The minimum absolute atomic E-state index is 0.00810. The second-order valence-electron chi connectivity index (χ2n) is 3.61. The second-order valence-corrected chi connectivity index (χ2v) is 3.61. The Bertz CT molecular complexity index is 622. The molecule has 0 heterocycles. The summed E-state index contributed by atoms with van der Waals surface area (Å²) in [5, 5.41) is 44.9. The van der Waals surface area contributed by atoms with Crippen LogP contribution in [0.3, 0.4) is 0 Å². The molecule has 1 aliphatic rings. The van der Waals surface area contributed by atoms with Crippen molar-refractivity contribution < 1.29 is 4.79 Å². The van der Waals surface area contributed by atoms with Crippen LogP contribution < -0.4 is 0 Å². The number of nitriles is 1. The van der Waals surface area contributed by atoms with Crippen molar-refractivity contribution in [2.45, 2.75) is 0 Å². The van der Waals surface area contributed by atoms with Crippen molar-refractivity contribution in [2.75, 3.05) is 0 Å². The van der Waals surface area contributed by atoms with E-state index in [0.717, 1.165) is 31.1 Å². The van der Waals surface area contributed by atoms with Crippen LogP contribution in [0.15, 0.2) is 33.4 Å². The molecule has 0 atom stereocenters. The summed E-state index contributed by atoms with van der Waals surface area (Å²) in [7, 11) is 0. The highest BCUT2D eigenvalue weighted by molar-refractivity contribution is 6.34. The Morgan fingerprint density at radius 1 is 0.800 bits per heavy atom. The van der Waals surface area contributed by atoms with E-state index in [1.807, 2.05) is 0 Å². The summed E-state index contributed by atoms with van der Waals surface area (Å²) in [4.78, 5) is 12.1. The van der Waals surface area contributed by atoms with Crippen molar-refractivity contribution in [3.8, 4) is 6.07 Å². The molecule has 1 aliphatic carbocycles. The van der Waals surface area contributed by atoms with Gasteiger partial charge in [0.2, 0.25) is 0 Å². The van der Waals surface area contributed by atoms with Crippen molar-refractivity contribution >= 4 is 36.9 Å². The second kappa shape index (κ2) is 6.06. The molecule has 1 fully saturated rings. The molecule has 7 heteroatoms. The van der Waals surface area contributed by atoms with E-state index in [4.69, 9.17) is 32.3 Å². The maximum absolute atomic E-state index is 12.1. The summed E-state index contributed by atoms with van der Waals surface area (Å²) in [6.45, 7) is 0. The van der Waals surface area contributed by atoms with Crippen molar-refractivity contribution in [1.29, 1.82) is 32.3 Å². The molecular weight excluding hydrogens is 256 g/mol. The third-order valence-electron chi connectivity index (χ3n) is 2.69. The normalized spacial score (nSPS) is 12.8. The van der Waals surface area contributed by atoms with Crippen LogP contribution in [0.1, 0.15) is 0 Å². The number of Topliss-reactive ketones (excluding diaryl/α,β-unsaturated/α-hetero) is 1. The molecule has 0 spiro atoms. The zero-order chi connectivity index (χ0) is 15.3. The van der Waals surface area contributed by atoms with E-state index in [9.17, 15) is 4.79 Å². The number of nitrogens with zero attached hydrogens (tertiary/aromatic N) is 1. The highest BCUT2D eigenvalue weighted by Crippen LogP contribution is 2.40. The van der Waals surface area contributed by atoms with Crippen LogP contribution in [0.4, 0.5) is 0 Å². The molecule has 0 saturated heterocycles. The average Bonchev–Trinajstić information content (AvgIpc) is 2.49. The molecule has 98 valence electrons. The third kappa shape index (κ3) is 2.06. The molecule has 5 N–H and O–H groups in total. The van der Waals surface area contributed by atoms with Gasteiger partial charge in [-0.1, -0.05) is 0 Å². The summed E-state index contributed by atoms with van der Waals surface area (Å²) in [6, 6.07) is 1.76. The lowest BCUT2D eigenvalue weighted by Crippen LogP contribution is -2.29. The average molecular weight is 266 g/mol. The number of nitrogens with one attached hydrogen (secondary N) is 5. The molecule has 0 aromatic heterocycles. The zero-order valence-electron chi connectivity index (χ0n) is 10.2. The van der Waals surface area contributed by atoms with Crippen LogP contribution in [0.25, 0.3) is 0 Å². The van der Waals surface area contributed by atoms with E-state index in [-0.39, 0.29) is 33.4 Å². The van der Waals surface area contributed by atoms with Crippen LogP contribution >= 0.6 is 0 Å². The Kier molecular flexibility index (Phi) is 4.48. The van der Waals surface area contributed by atoms with E-state index >= 15 is 0 Å². The van der Waals surface area contributed by atoms with E-state index in [1.54, 1.807) is 6.07 Å². The Labute approximate surface area is 114 Å². The molecule has 0 amide bonds. The number of ketones is 1. The molecule has 1 rings (SSSR count). The highest BCUT2D eigenvalue weighted by Gasteiger charge is 2.39. The number of hydrogen-bond acceptors (Lipinski definition) is 7. The van der Waals surface area contributed by atoms with Gasteiger partial charge in [-0.05, 0) is 0 Å². The summed E-state index contributed by atoms with van der Waals surface area (Å²) in [5.74, 6) is -0.543. The fourth-order valence-corrected chi connectivity index (χ4v) is 1.77. The van der Waals surface area contributed by atoms with Gasteiger partial charge in [0.1, 0.15) is 6.07 Å². The number of carbonyl (C=O) groups is 1. The molecular formula is C13H10N6O. The third-order valence-corrected chi connectivity index (χ3v) is 2.69. The van der Waals surface area contributed by atoms with Crippen LogP contribution in [0.5, 0.6) is 0 Å². The first-order chi connectivity index (χ1) is 9.60. The minimum Gasteiger partial charge on any atom is -0.308 e. The summed E-state index contributed by atoms with van der Waals surface area (Å²) in [6.07, 6.45) is 4.00. The Balaban J connectivity index is 3.83.